The van der Waals surface area contributed by atoms with Crippen LogP contribution >= 0.6 is 22.9 Å². The van der Waals surface area contributed by atoms with Gasteiger partial charge in [0.2, 0.25) is 0 Å². The lowest BCUT2D eigenvalue weighted by atomic mass is 10.2. The molecule has 0 radical (unpaired) electrons. The van der Waals surface area contributed by atoms with Gasteiger partial charge in [-0.1, -0.05) is 17.7 Å². The fourth-order valence-corrected chi connectivity index (χ4v) is 3.82. The zero-order chi connectivity index (χ0) is 22.0. The van der Waals surface area contributed by atoms with E-state index in [9.17, 15) is 18.0 Å². The first-order chi connectivity index (χ1) is 14.8. The molecule has 0 unspecified atom stereocenters. The summed E-state index contributed by atoms with van der Waals surface area (Å²) in [6, 6.07) is 9.37. The summed E-state index contributed by atoms with van der Waals surface area (Å²) in [7, 11) is 0. The number of nitrogens with zero attached hydrogens (tertiary/aromatic N) is 4. The van der Waals surface area contributed by atoms with E-state index in [1.807, 2.05) is 0 Å². The third-order valence-corrected chi connectivity index (χ3v) is 5.35. The summed E-state index contributed by atoms with van der Waals surface area (Å²) < 4.78 is 41.9. The van der Waals surface area contributed by atoms with Gasteiger partial charge in [-0.25, -0.2) is 9.67 Å². The Kier molecular flexibility index (Phi) is 5.75. The molecular weight excluding hydrogens is 451 g/mol. The number of pyridine rings is 1. The number of benzene rings is 1. The molecule has 6 nitrogen and oxygen atoms in total. The maximum atomic E-state index is 13.8. The summed E-state index contributed by atoms with van der Waals surface area (Å²) in [6.07, 6.45) is -0.650. The van der Waals surface area contributed by atoms with Crippen LogP contribution < -0.4 is 5.32 Å². The van der Waals surface area contributed by atoms with Gasteiger partial charge >= 0.3 is 6.18 Å². The molecule has 1 N–H and O–H groups in total. The highest BCUT2D eigenvalue weighted by Gasteiger charge is 2.40. The summed E-state index contributed by atoms with van der Waals surface area (Å²) in [5, 5.41) is 8.86. The third kappa shape index (κ3) is 4.59. The van der Waals surface area contributed by atoms with Crippen LogP contribution in [-0.2, 0) is 12.7 Å². The average molecular weight is 464 g/mol. The van der Waals surface area contributed by atoms with Crippen molar-refractivity contribution in [3.63, 3.8) is 0 Å². The summed E-state index contributed by atoms with van der Waals surface area (Å²) in [5.74, 6) is -0.902. The first kappa shape index (κ1) is 21.0. The van der Waals surface area contributed by atoms with Crippen LogP contribution in [0.3, 0.4) is 0 Å². The minimum atomic E-state index is -4.80. The summed E-state index contributed by atoms with van der Waals surface area (Å²) in [6.45, 7) is -0.0196. The molecule has 0 aliphatic heterocycles. The lowest BCUT2D eigenvalue weighted by Gasteiger charge is -2.13. The van der Waals surface area contributed by atoms with E-state index in [2.05, 4.69) is 20.4 Å². The molecule has 0 fully saturated rings. The zero-order valence-corrected chi connectivity index (χ0v) is 17.2. The van der Waals surface area contributed by atoms with E-state index in [0.29, 0.717) is 15.4 Å². The number of alkyl halides is 3. The van der Waals surface area contributed by atoms with Crippen molar-refractivity contribution in [3.8, 4) is 16.9 Å². The van der Waals surface area contributed by atoms with Crippen LogP contribution in [0.4, 0.5) is 13.2 Å². The van der Waals surface area contributed by atoms with Crippen LogP contribution in [-0.4, -0.2) is 25.7 Å². The van der Waals surface area contributed by atoms with E-state index in [4.69, 9.17) is 11.6 Å². The Labute approximate surface area is 183 Å². The fourth-order valence-electron chi connectivity index (χ4n) is 2.89. The van der Waals surface area contributed by atoms with Gasteiger partial charge in [0, 0.05) is 28.4 Å². The number of amides is 1. The van der Waals surface area contributed by atoms with Crippen LogP contribution in [0.1, 0.15) is 21.1 Å². The van der Waals surface area contributed by atoms with Gasteiger partial charge in [0.25, 0.3) is 5.91 Å². The summed E-state index contributed by atoms with van der Waals surface area (Å²) in [4.78, 5) is 20.9. The first-order valence-electron chi connectivity index (χ1n) is 8.87. The highest BCUT2D eigenvalue weighted by atomic mass is 35.5. The Morgan fingerprint density at radius 3 is 2.68 bits per heavy atom. The highest BCUT2D eigenvalue weighted by Crippen LogP contribution is 2.34. The Morgan fingerprint density at radius 2 is 1.97 bits per heavy atom. The topological polar surface area (TPSA) is 72.7 Å². The molecule has 0 saturated carbocycles. The SMILES string of the molecule is O=C(NCc1nc(-c2ccncc2)cs1)c1cnn(-c2cccc(Cl)c2)c1C(F)(F)F. The Balaban J connectivity index is 1.56. The van der Waals surface area contributed by atoms with Gasteiger partial charge in [-0.2, -0.15) is 18.3 Å². The van der Waals surface area contributed by atoms with Crippen molar-refractivity contribution < 1.29 is 18.0 Å². The maximum absolute atomic E-state index is 13.8. The number of hydrogen-bond donors (Lipinski definition) is 1. The molecule has 0 aliphatic rings. The van der Waals surface area contributed by atoms with E-state index < -0.39 is 23.3 Å². The number of halogens is 4. The van der Waals surface area contributed by atoms with Gasteiger partial charge in [-0.15, -0.1) is 11.3 Å². The maximum Gasteiger partial charge on any atom is 0.434 e. The van der Waals surface area contributed by atoms with Crippen LogP contribution in [0.2, 0.25) is 5.02 Å². The summed E-state index contributed by atoms with van der Waals surface area (Å²) >= 11 is 7.17. The van der Waals surface area contributed by atoms with E-state index in [0.717, 1.165) is 11.8 Å². The van der Waals surface area contributed by atoms with E-state index >= 15 is 0 Å². The molecule has 0 atom stereocenters. The average Bonchev–Trinajstić information content (AvgIpc) is 3.40. The largest absolute Gasteiger partial charge is 0.434 e. The van der Waals surface area contributed by atoms with Crippen molar-refractivity contribution >= 4 is 28.8 Å². The molecule has 158 valence electrons. The normalized spacial score (nSPS) is 11.5. The van der Waals surface area contributed by atoms with Crippen LogP contribution in [0, 0.1) is 0 Å². The lowest BCUT2D eigenvalue weighted by molar-refractivity contribution is -0.143. The van der Waals surface area contributed by atoms with Gasteiger partial charge < -0.3 is 5.32 Å². The van der Waals surface area contributed by atoms with Gasteiger partial charge in [0.1, 0.15) is 5.01 Å². The molecule has 31 heavy (non-hydrogen) atoms. The van der Waals surface area contributed by atoms with E-state index in [1.54, 1.807) is 29.9 Å². The van der Waals surface area contributed by atoms with Gasteiger partial charge in [-0.05, 0) is 30.3 Å². The molecule has 3 aromatic heterocycles. The minimum Gasteiger partial charge on any atom is -0.345 e. The van der Waals surface area contributed by atoms with Crippen LogP contribution in [0.15, 0.2) is 60.4 Å². The van der Waals surface area contributed by atoms with Crippen molar-refractivity contribution in [1.82, 2.24) is 25.1 Å². The van der Waals surface area contributed by atoms with Gasteiger partial charge in [0.05, 0.1) is 29.7 Å². The monoisotopic (exact) mass is 463 g/mol. The van der Waals surface area contributed by atoms with Crippen molar-refractivity contribution in [2.24, 2.45) is 0 Å². The molecule has 0 aliphatic carbocycles. The van der Waals surface area contributed by atoms with Crippen LogP contribution in [0.25, 0.3) is 16.9 Å². The van der Waals surface area contributed by atoms with Crippen molar-refractivity contribution in [2.45, 2.75) is 12.7 Å². The smallest absolute Gasteiger partial charge is 0.345 e. The van der Waals surface area contributed by atoms with E-state index in [1.165, 1.54) is 35.6 Å². The number of carbonyl (C=O) groups is 1. The Bertz CT molecular complexity index is 1220. The molecule has 3 heterocycles. The summed E-state index contributed by atoms with van der Waals surface area (Å²) in [5.41, 5.74) is -0.115. The molecule has 1 amide bonds. The van der Waals surface area contributed by atoms with Crippen molar-refractivity contribution in [1.29, 1.82) is 0 Å². The molecule has 4 rings (SSSR count). The number of aromatic nitrogens is 4. The second kappa shape index (κ2) is 8.48. The second-order valence-corrected chi connectivity index (χ2v) is 7.72. The van der Waals surface area contributed by atoms with Gasteiger partial charge in [0.15, 0.2) is 5.69 Å². The number of thiazole rings is 1. The molecule has 0 saturated heterocycles. The molecule has 0 bridgehead atoms. The Hall–Kier alpha value is -3.24. The Morgan fingerprint density at radius 1 is 1.19 bits per heavy atom. The van der Waals surface area contributed by atoms with E-state index in [-0.39, 0.29) is 17.3 Å². The zero-order valence-electron chi connectivity index (χ0n) is 15.6. The molecule has 1 aromatic carbocycles. The fraction of sp³-hybridized carbons (Fsp3) is 0.100. The molecule has 4 aromatic rings. The minimum absolute atomic E-state index is 0.0196. The van der Waals surface area contributed by atoms with Crippen molar-refractivity contribution in [2.75, 3.05) is 0 Å². The number of nitrogens with one attached hydrogen (secondary N) is 1. The number of rotatable bonds is 5. The molecule has 0 spiro atoms. The lowest BCUT2D eigenvalue weighted by Crippen LogP contribution is -2.26. The number of hydrogen-bond acceptors (Lipinski definition) is 5. The standard InChI is InChI=1S/C20H13ClF3N5OS/c21-13-2-1-3-14(8-13)29-18(20(22,23)24)15(9-27-29)19(30)26-10-17-28-16(11-31-17)12-4-6-25-7-5-12/h1-9,11H,10H2,(H,26,30). The molecular formula is C20H13ClF3N5OS. The second-order valence-electron chi connectivity index (χ2n) is 6.34. The predicted octanol–water partition coefficient (Wildman–Crippen LogP) is 4.99. The quantitative estimate of drug-likeness (QED) is 0.452. The number of carbonyl (C=O) groups excluding carboxylic acids is 1. The van der Waals surface area contributed by atoms with Gasteiger partial charge in [-0.3, -0.25) is 9.78 Å². The van der Waals surface area contributed by atoms with Crippen molar-refractivity contribution in [3.05, 3.63) is 81.7 Å². The van der Waals surface area contributed by atoms with Crippen LogP contribution in [0.5, 0.6) is 0 Å². The first-order valence-corrected chi connectivity index (χ1v) is 10.1. The molecule has 11 heteroatoms. The highest BCUT2D eigenvalue weighted by molar-refractivity contribution is 7.09. The third-order valence-electron chi connectivity index (χ3n) is 4.26. The predicted molar refractivity (Wildman–Crippen MR) is 110 cm³/mol.